The zero-order chi connectivity index (χ0) is 22.2. The van der Waals surface area contributed by atoms with E-state index in [-0.39, 0.29) is 0 Å². The Balaban J connectivity index is 1.60. The molecular formula is C31H22N2. The molecule has 156 valence electrons. The molecule has 0 spiro atoms. The summed E-state index contributed by atoms with van der Waals surface area (Å²) in [4.78, 5) is 9.71. The van der Waals surface area contributed by atoms with Crippen LogP contribution in [0, 0.1) is 6.92 Å². The zero-order valence-corrected chi connectivity index (χ0v) is 18.4. The smallest absolute Gasteiger partial charge is 0.126 e. The van der Waals surface area contributed by atoms with Crippen molar-refractivity contribution in [3.8, 4) is 33.5 Å². The molecule has 33 heavy (non-hydrogen) atoms. The van der Waals surface area contributed by atoms with E-state index in [9.17, 15) is 0 Å². The van der Waals surface area contributed by atoms with Gasteiger partial charge < -0.3 is 0 Å². The van der Waals surface area contributed by atoms with Gasteiger partial charge in [-0.3, -0.25) is 0 Å². The number of nitrogens with zero attached hydrogens (tertiary/aromatic N) is 2. The Labute approximate surface area is 193 Å². The van der Waals surface area contributed by atoms with Crippen LogP contribution in [-0.2, 0) is 0 Å². The Morgan fingerprint density at radius 3 is 1.73 bits per heavy atom. The highest BCUT2D eigenvalue weighted by Gasteiger charge is 2.15. The summed E-state index contributed by atoms with van der Waals surface area (Å²) in [6, 6.07) is 40.5. The van der Waals surface area contributed by atoms with Crippen LogP contribution in [0.3, 0.4) is 0 Å². The summed E-state index contributed by atoms with van der Waals surface area (Å²) in [6.45, 7) is 1.97. The Kier molecular flexibility index (Phi) is 4.70. The van der Waals surface area contributed by atoms with Crippen molar-refractivity contribution in [2.75, 3.05) is 0 Å². The number of hydrogen-bond acceptors (Lipinski definition) is 2. The fourth-order valence-corrected chi connectivity index (χ4v) is 4.63. The molecule has 1 heterocycles. The summed E-state index contributed by atoms with van der Waals surface area (Å²) >= 11 is 0. The molecular weight excluding hydrogens is 400 g/mol. The highest BCUT2D eigenvalue weighted by atomic mass is 14.9. The number of aryl methyl sites for hydroxylation is 1. The van der Waals surface area contributed by atoms with E-state index in [0.717, 1.165) is 28.0 Å². The molecule has 0 saturated heterocycles. The number of fused-ring (bicyclic) bond motifs is 3. The predicted molar refractivity (Wildman–Crippen MR) is 138 cm³/mol. The molecule has 0 bridgehead atoms. The topological polar surface area (TPSA) is 25.8 Å². The van der Waals surface area contributed by atoms with Gasteiger partial charge in [0.2, 0.25) is 0 Å². The van der Waals surface area contributed by atoms with Crippen molar-refractivity contribution in [2.45, 2.75) is 6.92 Å². The van der Waals surface area contributed by atoms with Crippen LogP contribution in [0.5, 0.6) is 0 Å². The molecule has 0 N–H and O–H groups in total. The van der Waals surface area contributed by atoms with Gasteiger partial charge >= 0.3 is 0 Å². The lowest BCUT2D eigenvalue weighted by Crippen LogP contribution is -1.96. The van der Waals surface area contributed by atoms with E-state index >= 15 is 0 Å². The van der Waals surface area contributed by atoms with E-state index < -0.39 is 0 Å². The van der Waals surface area contributed by atoms with E-state index in [1.165, 1.54) is 33.0 Å². The highest BCUT2D eigenvalue weighted by molar-refractivity contribution is 6.17. The summed E-state index contributed by atoms with van der Waals surface area (Å²) in [5, 5.41) is 3.49. The SMILES string of the molecule is Cc1nc(-c2ccccc2)c2c(cc(-c3ccc(-c4ccccc4)cc3)c3ccccc32)n1. The number of rotatable bonds is 3. The molecule has 2 nitrogen and oxygen atoms in total. The molecule has 5 aromatic carbocycles. The van der Waals surface area contributed by atoms with E-state index in [1.54, 1.807) is 0 Å². The van der Waals surface area contributed by atoms with Gasteiger partial charge in [0.1, 0.15) is 5.82 Å². The summed E-state index contributed by atoms with van der Waals surface area (Å²) in [5.41, 5.74) is 7.89. The van der Waals surface area contributed by atoms with Crippen molar-refractivity contribution in [3.05, 3.63) is 121 Å². The van der Waals surface area contributed by atoms with Gasteiger partial charge in [0.15, 0.2) is 0 Å². The minimum absolute atomic E-state index is 0.780. The lowest BCUT2D eigenvalue weighted by Gasteiger charge is -2.14. The third-order valence-corrected chi connectivity index (χ3v) is 6.17. The normalized spacial score (nSPS) is 11.2. The van der Waals surface area contributed by atoms with Gasteiger partial charge in [-0.05, 0) is 46.0 Å². The molecule has 0 amide bonds. The van der Waals surface area contributed by atoms with E-state index in [4.69, 9.17) is 9.97 Å². The van der Waals surface area contributed by atoms with Gasteiger partial charge in [0.05, 0.1) is 11.2 Å². The zero-order valence-electron chi connectivity index (χ0n) is 18.4. The van der Waals surface area contributed by atoms with Crippen LogP contribution in [0.2, 0.25) is 0 Å². The van der Waals surface area contributed by atoms with Crippen LogP contribution < -0.4 is 0 Å². The largest absolute Gasteiger partial charge is 0.233 e. The van der Waals surface area contributed by atoms with E-state index in [1.807, 2.05) is 19.1 Å². The predicted octanol–water partition coefficient (Wildman–Crippen LogP) is 8.09. The minimum Gasteiger partial charge on any atom is -0.233 e. The van der Waals surface area contributed by atoms with Crippen molar-refractivity contribution in [1.82, 2.24) is 9.97 Å². The Bertz CT molecular complexity index is 1590. The van der Waals surface area contributed by atoms with Gasteiger partial charge in [-0.15, -0.1) is 0 Å². The van der Waals surface area contributed by atoms with Gasteiger partial charge in [0, 0.05) is 10.9 Å². The molecule has 6 aromatic rings. The summed E-state index contributed by atoms with van der Waals surface area (Å²) in [5.74, 6) is 0.780. The average Bonchev–Trinajstić information content (AvgIpc) is 2.89. The summed E-state index contributed by atoms with van der Waals surface area (Å²) in [7, 11) is 0. The Morgan fingerprint density at radius 1 is 0.485 bits per heavy atom. The van der Waals surface area contributed by atoms with Crippen LogP contribution in [0.15, 0.2) is 115 Å². The van der Waals surface area contributed by atoms with Gasteiger partial charge in [-0.1, -0.05) is 109 Å². The summed E-state index contributed by atoms with van der Waals surface area (Å²) < 4.78 is 0. The van der Waals surface area contributed by atoms with Crippen molar-refractivity contribution >= 4 is 21.7 Å². The van der Waals surface area contributed by atoms with Crippen LogP contribution in [0.4, 0.5) is 0 Å². The maximum absolute atomic E-state index is 4.86. The standard InChI is InChI=1S/C31H22N2/c1-21-32-29-20-28(24-18-16-23(17-19-24)22-10-4-2-5-11-22)26-14-8-9-15-27(26)30(29)31(33-21)25-12-6-3-7-13-25/h2-20H,1H3. The second-order valence-corrected chi connectivity index (χ2v) is 8.29. The maximum atomic E-state index is 4.86. The number of benzene rings is 5. The third kappa shape index (κ3) is 3.46. The quantitative estimate of drug-likeness (QED) is 0.269. The second kappa shape index (κ2) is 7.99. The molecule has 0 fully saturated rings. The lowest BCUT2D eigenvalue weighted by molar-refractivity contribution is 1.10. The van der Waals surface area contributed by atoms with Crippen molar-refractivity contribution < 1.29 is 0 Å². The van der Waals surface area contributed by atoms with Crippen molar-refractivity contribution in [2.24, 2.45) is 0 Å². The molecule has 1 aromatic heterocycles. The van der Waals surface area contributed by atoms with Crippen LogP contribution >= 0.6 is 0 Å². The number of hydrogen-bond donors (Lipinski definition) is 0. The first kappa shape index (κ1) is 19.4. The fourth-order valence-electron chi connectivity index (χ4n) is 4.63. The molecule has 0 atom stereocenters. The molecule has 0 aliphatic carbocycles. The van der Waals surface area contributed by atoms with Crippen LogP contribution in [-0.4, -0.2) is 9.97 Å². The second-order valence-electron chi connectivity index (χ2n) is 8.29. The molecule has 6 rings (SSSR count). The maximum Gasteiger partial charge on any atom is 0.126 e. The number of aromatic nitrogens is 2. The Morgan fingerprint density at radius 2 is 1.03 bits per heavy atom. The van der Waals surface area contributed by atoms with E-state index in [2.05, 4.69) is 103 Å². The summed E-state index contributed by atoms with van der Waals surface area (Å²) in [6.07, 6.45) is 0. The third-order valence-electron chi connectivity index (χ3n) is 6.17. The molecule has 0 radical (unpaired) electrons. The van der Waals surface area contributed by atoms with E-state index in [0.29, 0.717) is 0 Å². The van der Waals surface area contributed by atoms with Crippen molar-refractivity contribution in [1.29, 1.82) is 0 Å². The Hall–Kier alpha value is -4.30. The first-order valence-corrected chi connectivity index (χ1v) is 11.2. The lowest BCUT2D eigenvalue weighted by atomic mass is 9.92. The minimum atomic E-state index is 0.780. The monoisotopic (exact) mass is 422 g/mol. The van der Waals surface area contributed by atoms with Gasteiger partial charge in [-0.25, -0.2) is 9.97 Å². The molecule has 2 heteroatoms. The van der Waals surface area contributed by atoms with Crippen molar-refractivity contribution in [3.63, 3.8) is 0 Å². The highest BCUT2D eigenvalue weighted by Crippen LogP contribution is 2.38. The molecule has 0 aliphatic heterocycles. The molecule has 0 unspecified atom stereocenters. The fraction of sp³-hybridized carbons (Fsp3) is 0.0323. The van der Waals surface area contributed by atoms with Crippen LogP contribution in [0.25, 0.3) is 55.2 Å². The van der Waals surface area contributed by atoms with Crippen LogP contribution in [0.1, 0.15) is 5.82 Å². The molecule has 0 saturated carbocycles. The average molecular weight is 423 g/mol. The first-order valence-electron chi connectivity index (χ1n) is 11.2. The van der Waals surface area contributed by atoms with Gasteiger partial charge in [0.25, 0.3) is 0 Å². The molecule has 0 aliphatic rings. The first-order chi connectivity index (χ1) is 16.3. The van der Waals surface area contributed by atoms with Gasteiger partial charge in [-0.2, -0.15) is 0 Å².